The van der Waals surface area contributed by atoms with Crippen LogP contribution in [0.25, 0.3) is 5.65 Å². The van der Waals surface area contributed by atoms with Gasteiger partial charge in [-0.05, 0) is 19.9 Å². The van der Waals surface area contributed by atoms with Crippen LogP contribution in [0.15, 0.2) is 18.3 Å². The van der Waals surface area contributed by atoms with E-state index < -0.39 is 0 Å². The molecule has 1 N–H and O–H groups in total. The summed E-state index contributed by atoms with van der Waals surface area (Å²) in [6.45, 7) is 7.94. The van der Waals surface area contributed by atoms with Gasteiger partial charge in [-0.1, -0.05) is 0 Å². The maximum absolute atomic E-state index is 12.5. The number of morpholine rings is 1. The third-order valence-corrected chi connectivity index (χ3v) is 3.95. The van der Waals surface area contributed by atoms with Crippen molar-refractivity contribution < 1.29 is 9.53 Å². The van der Waals surface area contributed by atoms with E-state index in [1.54, 1.807) is 22.8 Å². The van der Waals surface area contributed by atoms with E-state index in [2.05, 4.69) is 27.2 Å². The number of aryl methyl sites for hydroxylation is 1. The number of carbonyl (C=O) groups excluding carboxylic acids is 1. The molecule has 0 aromatic carbocycles. The van der Waals surface area contributed by atoms with Crippen LogP contribution in [0.4, 0.5) is 0 Å². The molecule has 1 fully saturated rings. The first kappa shape index (κ1) is 14.9. The number of carbonyl (C=O) groups is 1. The predicted molar refractivity (Wildman–Crippen MR) is 81.9 cm³/mol. The van der Waals surface area contributed by atoms with Gasteiger partial charge in [0.1, 0.15) is 5.69 Å². The van der Waals surface area contributed by atoms with Crippen LogP contribution in [0.2, 0.25) is 0 Å². The van der Waals surface area contributed by atoms with E-state index in [0.29, 0.717) is 17.9 Å². The van der Waals surface area contributed by atoms with Gasteiger partial charge in [0.15, 0.2) is 5.65 Å². The Labute approximate surface area is 129 Å². The van der Waals surface area contributed by atoms with Gasteiger partial charge in [0.2, 0.25) is 0 Å². The highest BCUT2D eigenvalue weighted by atomic mass is 16.5. The first-order valence-corrected chi connectivity index (χ1v) is 7.56. The van der Waals surface area contributed by atoms with E-state index in [-0.39, 0.29) is 11.9 Å². The van der Waals surface area contributed by atoms with E-state index in [1.807, 2.05) is 6.92 Å². The standard InChI is InChI=1S/C15H21N5O2/c1-11-9-13(20-14(18-11)3-4-17-20)15(21)16-10-12(2)19-5-7-22-8-6-19/h3-4,9,12H,5-8,10H2,1-2H3,(H,16,21). The molecular weight excluding hydrogens is 282 g/mol. The van der Waals surface area contributed by atoms with Crippen molar-refractivity contribution in [2.75, 3.05) is 32.8 Å². The van der Waals surface area contributed by atoms with Crippen LogP contribution in [0.3, 0.4) is 0 Å². The summed E-state index contributed by atoms with van der Waals surface area (Å²) in [5, 5.41) is 7.16. The molecule has 0 bridgehead atoms. The van der Waals surface area contributed by atoms with Crippen LogP contribution in [-0.4, -0.2) is 64.3 Å². The Balaban J connectivity index is 1.67. The largest absolute Gasteiger partial charge is 0.379 e. The van der Waals surface area contributed by atoms with Gasteiger partial charge in [0.05, 0.1) is 19.4 Å². The Morgan fingerprint density at radius 1 is 1.45 bits per heavy atom. The maximum Gasteiger partial charge on any atom is 0.270 e. The number of ether oxygens (including phenoxy) is 1. The minimum absolute atomic E-state index is 0.126. The van der Waals surface area contributed by atoms with Crippen molar-refractivity contribution in [2.24, 2.45) is 0 Å². The molecule has 7 heteroatoms. The zero-order chi connectivity index (χ0) is 15.5. The van der Waals surface area contributed by atoms with Crippen LogP contribution in [0.1, 0.15) is 23.1 Å². The Kier molecular flexibility index (Phi) is 4.35. The van der Waals surface area contributed by atoms with Crippen LogP contribution in [0.5, 0.6) is 0 Å². The molecule has 0 spiro atoms. The van der Waals surface area contributed by atoms with Crippen molar-refractivity contribution in [1.82, 2.24) is 24.8 Å². The van der Waals surface area contributed by atoms with Crippen LogP contribution >= 0.6 is 0 Å². The Morgan fingerprint density at radius 2 is 2.23 bits per heavy atom. The lowest BCUT2D eigenvalue weighted by atomic mass is 10.2. The molecule has 0 radical (unpaired) electrons. The average Bonchev–Trinajstić information content (AvgIpc) is 3.00. The monoisotopic (exact) mass is 303 g/mol. The maximum atomic E-state index is 12.5. The summed E-state index contributed by atoms with van der Waals surface area (Å²) in [4.78, 5) is 19.1. The lowest BCUT2D eigenvalue weighted by Gasteiger charge is -2.32. The van der Waals surface area contributed by atoms with Gasteiger partial charge in [-0.2, -0.15) is 5.10 Å². The average molecular weight is 303 g/mol. The lowest BCUT2D eigenvalue weighted by molar-refractivity contribution is 0.0204. The summed E-state index contributed by atoms with van der Waals surface area (Å²) in [5.41, 5.74) is 2.01. The van der Waals surface area contributed by atoms with Crippen molar-refractivity contribution in [3.63, 3.8) is 0 Å². The number of hydrogen-bond acceptors (Lipinski definition) is 5. The third-order valence-electron chi connectivity index (χ3n) is 3.95. The van der Waals surface area contributed by atoms with Gasteiger partial charge >= 0.3 is 0 Å². The van der Waals surface area contributed by atoms with Crippen molar-refractivity contribution in [3.8, 4) is 0 Å². The molecule has 0 aliphatic carbocycles. The van der Waals surface area contributed by atoms with Gasteiger partial charge in [-0.15, -0.1) is 0 Å². The molecule has 3 rings (SSSR count). The van der Waals surface area contributed by atoms with Crippen molar-refractivity contribution >= 4 is 11.6 Å². The smallest absolute Gasteiger partial charge is 0.270 e. The fourth-order valence-corrected chi connectivity index (χ4v) is 2.68. The third kappa shape index (κ3) is 3.10. The number of fused-ring (bicyclic) bond motifs is 1. The summed E-state index contributed by atoms with van der Waals surface area (Å²) >= 11 is 0. The second kappa shape index (κ2) is 6.41. The van der Waals surface area contributed by atoms with E-state index in [0.717, 1.165) is 32.0 Å². The Morgan fingerprint density at radius 3 is 3.00 bits per heavy atom. The summed E-state index contributed by atoms with van der Waals surface area (Å²) in [6, 6.07) is 3.83. The minimum atomic E-state index is -0.126. The van der Waals surface area contributed by atoms with Crippen LogP contribution in [-0.2, 0) is 4.74 Å². The number of hydrogen-bond donors (Lipinski definition) is 1. The van der Waals surface area contributed by atoms with Gasteiger partial charge < -0.3 is 10.1 Å². The quantitative estimate of drug-likeness (QED) is 0.890. The molecule has 2 aromatic heterocycles. The Hall–Kier alpha value is -1.99. The second-order valence-corrected chi connectivity index (χ2v) is 5.59. The summed E-state index contributed by atoms with van der Waals surface area (Å²) in [5.74, 6) is -0.126. The van der Waals surface area contributed by atoms with E-state index >= 15 is 0 Å². The molecule has 1 saturated heterocycles. The second-order valence-electron chi connectivity index (χ2n) is 5.59. The highest BCUT2D eigenvalue weighted by Crippen LogP contribution is 2.07. The van der Waals surface area contributed by atoms with Gasteiger partial charge in [-0.3, -0.25) is 9.69 Å². The van der Waals surface area contributed by atoms with Gasteiger partial charge in [0, 0.05) is 37.4 Å². The molecule has 1 aliphatic rings. The SMILES string of the molecule is Cc1cc(C(=O)NCC(C)N2CCOCC2)n2nccc2n1. The first-order chi connectivity index (χ1) is 10.6. The normalized spacial score (nSPS) is 17.5. The zero-order valence-electron chi connectivity index (χ0n) is 13.0. The van der Waals surface area contributed by atoms with Crippen LogP contribution < -0.4 is 5.32 Å². The molecule has 22 heavy (non-hydrogen) atoms. The highest BCUT2D eigenvalue weighted by Gasteiger charge is 2.19. The molecule has 1 amide bonds. The fraction of sp³-hybridized carbons (Fsp3) is 0.533. The number of rotatable bonds is 4. The summed E-state index contributed by atoms with van der Waals surface area (Å²) in [6.07, 6.45) is 1.65. The number of nitrogens with zero attached hydrogens (tertiary/aromatic N) is 4. The molecule has 1 aliphatic heterocycles. The highest BCUT2D eigenvalue weighted by molar-refractivity contribution is 5.93. The van der Waals surface area contributed by atoms with Gasteiger partial charge in [0.25, 0.3) is 5.91 Å². The molecule has 0 saturated carbocycles. The molecular formula is C15H21N5O2. The zero-order valence-corrected chi connectivity index (χ0v) is 13.0. The molecule has 7 nitrogen and oxygen atoms in total. The first-order valence-electron chi connectivity index (χ1n) is 7.56. The summed E-state index contributed by atoms with van der Waals surface area (Å²) in [7, 11) is 0. The molecule has 2 aromatic rings. The molecule has 1 unspecified atom stereocenters. The topological polar surface area (TPSA) is 71.8 Å². The van der Waals surface area contributed by atoms with E-state index in [9.17, 15) is 4.79 Å². The van der Waals surface area contributed by atoms with Crippen molar-refractivity contribution in [3.05, 3.63) is 29.7 Å². The Bertz CT molecular complexity index is 663. The minimum Gasteiger partial charge on any atom is -0.379 e. The molecule has 118 valence electrons. The predicted octanol–water partition coefficient (Wildman–Crippen LogP) is 0.488. The van der Waals surface area contributed by atoms with E-state index in [4.69, 9.17) is 4.74 Å². The van der Waals surface area contributed by atoms with Crippen molar-refractivity contribution in [1.29, 1.82) is 0 Å². The van der Waals surface area contributed by atoms with Gasteiger partial charge in [-0.25, -0.2) is 9.50 Å². The lowest BCUT2D eigenvalue weighted by Crippen LogP contribution is -2.47. The molecule has 3 heterocycles. The van der Waals surface area contributed by atoms with E-state index in [1.165, 1.54) is 0 Å². The fourth-order valence-electron chi connectivity index (χ4n) is 2.68. The number of aromatic nitrogens is 3. The number of nitrogens with one attached hydrogen (secondary N) is 1. The van der Waals surface area contributed by atoms with Crippen LogP contribution in [0, 0.1) is 6.92 Å². The van der Waals surface area contributed by atoms with Crippen molar-refractivity contribution in [2.45, 2.75) is 19.9 Å². The molecule has 1 atom stereocenters. The summed E-state index contributed by atoms with van der Waals surface area (Å²) < 4.78 is 6.92. The number of amides is 1.